The molecule has 1 aliphatic rings. The van der Waals surface area contributed by atoms with Crippen molar-refractivity contribution in [3.05, 3.63) is 57.9 Å². The van der Waals surface area contributed by atoms with Gasteiger partial charge in [-0.1, -0.05) is 17.7 Å². The number of rotatable bonds is 6. The summed E-state index contributed by atoms with van der Waals surface area (Å²) in [6.07, 6.45) is 5.70. The summed E-state index contributed by atoms with van der Waals surface area (Å²) in [5.74, 6) is 0.0594. The first kappa shape index (κ1) is 22.1. The van der Waals surface area contributed by atoms with Crippen LogP contribution >= 0.6 is 22.9 Å². The van der Waals surface area contributed by atoms with Crippen LogP contribution in [0.3, 0.4) is 0 Å². The molecule has 1 saturated heterocycles. The molecule has 4 heterocycles. The van der Waals surface area contributed by atoms with E-state index in [1.54, 1.807) is 17.5 Å². The number of hydrogen-bond donors (Lipinski definition) is 2. The summed E-state index contributed by atoms with van der Waals surface area (Å²) in [5, 5.41) is 12.8. The minimum atomic E-state index is -0.336. The molecule has 0 spiro atoms. The molecule has 0 atom stereocenters. The number of piperidine rings is 1. The number of nitrogen functional groups attached to an aromatic ring is 1. The number of hydrogen-bond acceptors (Lipinski definition) is 8. The molecule has 0 aliphatic carbocycles. The van der Waals surface area contributed by atoms with E-state index in [1.807, 2.05) is 30.5 Å². The Kier molecular flexibility index (Phi) is 6.95. The predicted molar refractivity (Wildman–Crippen MR) is 124 cm³/mol. The SMILES string of the molecule is N#Cc1c(N)cc(C(=O)NCC2CCN(Cc3cnc(-c4ccccn4)s3)CC2)nc1Cl. The van der Waals surface area contributed by atoms with Gasteiger partial charge < -0.3 is 11.1 Å². The zero-order valence-electron chi connectivity index (χ0n) is 17.3. The van der Waals surface area contributed by atoms with Gasteiger partial charge in [-0.05, 0) is 50.0 Å². The number of carbonyl (C=O) groups excluding carboxylic acids is 1. The number of halogens is 1. The fourth-order valence-electron chi connectivity index (χ4n) is 3.64. The molecular weight excluding hydrogens is 446 g/mol. The maximum atomic E-state index is 12.4. The van der Waals surface area contributed by atoms with Crippen molar-refractivity contribution in [3.8, 4) is 16.8 Å². The third-order valence-corrected chi connectivity index (χ3v) is 6.70. The topological polar surface area (TPSA) is 121 Å². The van der Waals surface area contributed by atoms with Crippen LogP contribution < -0.4 is 11.1 Å². The van der Waals surface area contributed by atoms with Crippen LogP contribution in [0, 0.1) is 17.2 Å². The van der Waals surface area contributed by atoms with E-state index in [1.165, 1.54) is 10.9 Å². The van der Waals surface area contributed by atoms with Crippen molar-refractivity contribution in [2.24, 2.45) is 5.92 Å². The van der Waals surface area contributed by atoms with Gasteiger partial charge in [-0.3, -0.25) is 14.7 Å². The lowest BCUT2D eigenvalue weighted by molar-refractivity contribution is 0.0930. The largest absolute Gasteiger partial charge is 0.397 e. The first-order valence-corrected chi connectivity index (χ1v) is 11.5. The molecule has 3 aromatic heterocycles. The normalized spacial score (nSPS) is 14.8. The summed E-state index contributed by atoms with van der Waals surface area (Å²) in [7, 11) is 0. The lowest BCUT2D eigenvalue weighted by atomic mass is 9.96. The summed E-state index contributed by atoms with van der Waals surface area (Å²) >= 11 is 7.62. The lowest BCUT2D eigenvalue weighted by Gasteiger charge is -2.31. The van der Waals surface area contributed by atoms with Crippen molar-refractivity contribution in [1.29, 1.82) is 5.26 Å². The number of nitrogens with two attached hydrogens (primary N) is 1. The molecule has 4 rings (SSSR count). The molecule has 32 heavy (non-hydrogen) atoms. The van der Waals surface area contributed by atoms with Crippen molar-refractivity contribution >= 4 is 34.5 Å². The third-order valence-electron chi connectivity index (χ3n) is 5.43. The molecule has 1 aliphatic heterocycles. The summed E-state index contributed by atoms with van der Waals surface area (Å²) in [4.78, 5) is 28.9. The Morgan fingerprint density at radius 1 is 1.34 bits per heavy atom. The van der Waals surface area contributed by atoms with Gasteiger partial charge in [0.25, 0.3) is 5.91 Å². The Bertz CT molecular complexity index is 1110. The van der Waals surface area contributed by atoms with Crippen LogP contribution in [-0.4, -0.2) is 45.4 Å². The Morgan fingerprint density at radius 2 is 2.16 bits per heavy atom. The number of nitriles is 1. The van der Waals surface area contributed by atoms with Gasteiger partial charge in [0.2, 0.25) is 0 Å². The number of aromatic nitrogens is 3. The van der Waals surface area contributed by atoms with Gasteiger partial charge in [-0.2, -0.15) is 5.26 Å². The second-order valence-electron chi connectivity index (χ2n) is 7.65. The van der Waals surface area contributed by atoms with E-state index >= 15 is 0 Å². The number of thiazole rings is 1. The molecule has 1 amide bonds. The summed E-state index contributed by atoms with van der Waals surface area (Å²) in [5.41, 5.74) is 7.05. The average molecular weight is 468 g/mol. The van der Waals surface area contributed by atoms with Crippen LogP contribution in [0.1, 0.15) is 33.8 Å². The van der Waals surface area contributed by atoms with Crippen LogP contribution in [0.2, 0.25) is 5.15 Å². The van der Waals surface area contributed by atoms with E-state index in [0.29, 0.717) is 12.5 Å². The maximum absolute atomic E-state index is 12.4. The third kappa shape index (κ3) is 5.22. The molecule has 1 fully saturated rings. The van der Waals surface area contributed by atoms with Crippen LogP contribution in [0.4, 0.5) is 5.69 Å². The first-order valence-electron chi connectivity index (χ1n) is 10.3. The number of likely N-dealkylation sites (tertiary alicyclic amines) is 1. The molecule has 3 N–H and O–H groups in total. The quantitative estimate of drug-likeness (QED) is 0.533. The second-order valence-corrected chi connectivity index (χ2v) is 9.12. The van der Waals surface area contributed by atoms with Crippen molar-refractivity contribution < 1.29 is 4.79 Å². The summed E-state index contributed by atoms with van der Waals surface area (Å²) < 4.78 is 0. The minimum Gasteiger partial charge on any atom is -0.397 e. The number of nitrogens with zero attached hydrogens (tertiary/aromatic N) is 5. The molecule has 0 radical (unpaired) electrons. The van der Waals surface area contributed by atoms with Crippen molar-refractivity contribution in [2.45, 2.75) is 19.4 Å². The van der Waals surface area contributed by atoms with Gasteiger partial charge in [0, 0.05) is 30.4 Å². The van der Waals surface area contributed by atoms with E-state index < -0.39 is 0 Å². The van der Waals surface area contributed by atoms with Gasteiger partial charge in [-0.15, -0.1) is 11.3 Å². The number of pyridine rings is 2. The van der Waals surface area contributed by atoms with Crippen LogP contribution in [0.15, 0.2) is 36.7 Å². The van der Waals surface area contributed by atoms with Crippen LogP contribution in [-0.2, 0) is 6.54 Å². The number of carbonyl (C=O) groups is 1. The molecule has 0 aromatic carbocycles. The second kappa shape index (κ2) is 10.0. The highest BCUT2D eigenvalue weighted by Crippen LogP contribution is 2.26. The van der Waals surface area contributed by atoms with Crippen molar-refractivity contribution in [1.82, 2.24) is 25.2 Å². The Morgan fingerprint density at radius 3 is 2.84 bits per heavy atom. The average Bonchev–Trinajstić information content (AvgIpc) is 3.27. The smallest absolute Gasteiger partial charge is 0.270 e. The summed E-state index contributed by atoms with van der Waals surface area (Å²) in [6.45, 7) is 3.36. The fourth-order valence-corrected chi connectivity index (χ4v) is 4.82. The number of nitrogens with one attached hydrogen (secondary N) is 1. The Hall–Kier alpha value is -3.06. The van der Waals surface area contributed by atoms with Crippen molar-refractivity contribution in [2.75, 3.05) is 25.4 Å². The molecule has 10 heteroatoms. The minimum absolute atomic E-state index is 0.0553. The molecule has 3 aromatic rings. The van der Waals surface area contributed by atoms with E-state index in [0.717, 1.165) is 43.2 Å². The highest BCUT2D eigenvalue weighted by Gasteiger charge is 2.21. The maximum Gasteiger partial charge on any atom is 0.270 e. The predicted octanol–water partition coefficient (Wildman–Crippen LogP) is 3.35. The highest BCUT2D eigenvalue weighted by atomic mass is 35.5. The molecule has 164 valence electrons. The zero-order valence-corrected chi connectivity index (χ0v) is 18.9. The summed E-state index contributed by atoms with van der Waals surface area (Å²) in [6, 6.07) is 9.10. The molecule has 8 nitrogen and oxygen atoms in total. The number of amides is 1. The zero-order chi connectivity index (χ0) is 22.5. The van der Waals surface area contributed by atoms with E-state index in [2.05, 4.69) is 25.2 Å². The monoisotopic (exact) mass is 467 g/mol. The van der Waals surface area contributed by atoms with Gasteiger partial charge in [0.1, 0.15) is 27.5 Å². The van der Waals surface area contributed by atoms with E-state index in [-0.39, 0.29) is 28.0 Å². The van der Waals surface area contributed by atoms with Crippen molar-refractivity contribution in [3.63, 3.8) is 0 Å². The fraction of sp³-hybridized carbons (Fsp3) is 0.318. The molecular formula is C22H22ClN7OS. The van der Waals surface area contributed by atoms with E-state index in [4.69, 9.17) is 22.6 Å². The molecule has 0 saturated carbocycles. The lowest BCUT2D eigenvalue weighted by Crippen LogP contribution is -2.38. The van der Waals surface area contributed by atoms with Gasteiger partial charge in [-0.25, -0.2) is 9.97 Å². The standard InChI is InChI=1S/C22H22ClN7OS/c23-20-16(10-24)17(25)9-19(29-20)21(31)27-11-14-4-7-30(8-5-14)13-15-12-28-22(32-15)18-3-1-2-6-26-18/h1-3,6,9,12,14H,4-5,7-8,11,13H2,(H2,25,29)(H,27,31). The van der Waals surface area contributed by atoms with Crippen LogP contribution in [0.5, 0.6) is 0 Å². The number of anilines is 1. The van der Waals surface area contributed by atoms with Gasteiger partial charge in [0.15, 0.2) is 0 Å². The first-order chi connectivity index (χ1) is 15.5. The molecule has 0 unspecified atom stereocenters. The van der Waals surface area contributed by atoms with Crippen LogP contribution in [0.25, 0.3) is 10.7 Å². The Balaban J connectivity index is 1.25. The van der Waals surface area contributed by atoms with E-state index in [9.17, 15) is 4.79 Å². The highest BCUT2D eigenvalue weighted by molar-refractivity contribution is 7.14. The van der Waals surface area contributed by atoms with Gasteiger partial charge in [0.05, 0.1) is 11.4 Å². The molecule has 0 bridgehead atoms. The Labute approximate surface area is 195 Å². The van der Waals surface area contributed by atoms with Gasteiger partial charge >= 0.3 is 0 Å².